The van der Waals surface area contributed by atoms with Crippen molar-refractivity contribution in [3.8, 4) is 0 Å². The zero-order chi connectivity index (χ0) is 15.3. The lowest BCUT2D eigenvalue weighted by Gasteiger charge is -2.47. The van der Waals surface area contributed by atoms with Crippen LogP contribution >= 0.6 is 11.6 Å². The molecule has 2 rings (SSSR count). The first-order valence-corrected chi connectivity index (χ1v) is 8.74. The lowest BCUT2D eigenvalue weighted by molar-refractivity contribution is 0.0617. The van der Waals surface area contributed by atoms with Crippen molar-refractivity contribution >= 4 is 11.6 Å². The topological polar surface area (TPSA) is 15.3 Å². The Morgan fingerprint density at radius 1 is 1.24 bits per heavy atom. The average molecular weight is 309 g/mol. The molecule has 0 spiro atoms. The smallest absolute Gasteiger partial charge is 0.0451 e. The Morgan fingerprint density at radius 3 is 2.57 bits per heavy atom. The van der Waals surface area contributed by atoms with Gasteiger partial charge in [-0.1, -0.05) is 57.0 Å². The molecule has 1 unspecified atom stereocenters. The third-order valence-corrected chi connectivity index (χ3v) is 5.41. The highest BCUT2D eigenvalue weighted by Crippen LogP contribution is 2.27. The van der Waals surface area contributed by atoms with Crippen molar-refractivity contribution < 1.29 is 0 Å². The summed E-state index contributed by atoms with van der Waals surface area (Å²) < 4.78 is 0. The van der Waals surface area contributed by atoms with Crippen LogP contribution in [0.3, 0.4) is 0 Å². The number of hydrogen-bond acceptors (Lipinski definition) is 2. The molecule has 1 aromatic rings. The van der Waals surface area contributed by atoms with Crippen molar-refractivity contribution in [1.82, 2.24) is 10.2 Å². The maximum Gasteiger partial charge on any atom is 0.0451 e. The maximum absolute atomic E-state index is 6.36. The van der Waals surface area contributed by atoms with E-state index in [-0.39, 0.29) is 5.54 Å². The van der Waals surface area contributed by atoms with Gasteiger partial charge in [-0.3, -0.25) is 4.90 Å². The molecule has 1 saturated heterocycles. The number of nitrogens with one attached hydrogen (secondary N) is 1. The minimum absolute atomic E-state index is 0.269. The van der Waals surface area contributed by atoms with Crippen LogP contribution in [0.25, 0.3) is 0 Å². The summed E-state index contributed by atoms with van der Waals surface area (Å²) in [6.45, 7) is 10.0. The molecule has 3 heteroatoms. The first-order valence-electron chi connectivity index (χ1n) is 8.36. The summed E-state index contributed by atoms with van der Waals surface area (Å²) in [6.07, 6.45) is 4.85. The Bertz CT molecular complexity index is 443. The van der Waals surface area contributed by atoms with Crippen molar-refractivity contribution in [3.63, 3.8) is 0 Å². The average Bonchev–Trinajstić information content (AvgIpc) is 2.51. The molecular formula is C18H29ClN2. The van der Waals surface area contributed by atoms with Crippen LogP contribution in [0.15, 0.2) is 24.3 Å². The van der Waals surface area contributed by atoms with E-state index in [0.29, 0.717) is 6.04 Å². The molecule has 21 heavy (non-hydrogen) atoms. The standard InChI is InChI=1S/C18H29ClN2/c1-4-9-16-12-20-18(5-2,6-3)14-21(16)13-15-10-7-8-11-17(15)19/h7-8,10-11,16,20H,4-6,9,12-14H2,1-3H3. The monoisotopic (exact) mass is 308 g/mol. The molecule has 1 fully saturated rings. The molecule has 1 aliphatic heterocycles. The fourth-order valence-electron chi connectivity index (χ4n) is 3.41. The molecule has 1 N–H and O–H groups in total. The summed E-state index contributed by atoms with van der Waals surface area (Å²) in [7, 11) is 0. The summed E-state index contributed by atoms with van der Waals surface area (Å²) in [5.74, 6) is 0. The van der Waals surface area contributed by atoms with E-state index in [4.69, 9.17) is 11.6 Å². The Kier molecular flexibility index (Phi) is 6.09. The highest BCUT2D eigenvalue weighted by molar-refractivity contribution is 6.31. The van der Waals surface area contributed by atoms with Gasteiger partial charge in [0, 0.05) is 36.2 Å². The van der Waals surface area contributed by atoms with Crippen LogP contribution in [-0.4, -0.2) is 29.6 Å². The van der Waals surface area contributed by atoms with E-state index in [2.05, 4.69) is 43.1 Å². The minimum Gasteiger partial charge on any atom is -0.308 e. The number of rotatable bonds is 6. The van der Waals surface area contributed by atoms with Crippen LogP contribution in [0.2, 0.25) is 5.02 Å². The van der Waals surface area contributed by atoms with Gasteiger partial charge in [0.05, 0.1) is 0 Å². The van der Waals surface area contributed by atoms with E-state index in [1.807, 2.05) is 12.1 Å². The first-order chi connectivity index (χ1) is 10.1. The maximum atomic E-state index is 6.36. The zero-order valence-corrected chi connectivity index (χ0v) is 14.4. The van der Waals surface area contributed by atoms with Gasteiger partial charge < -0.3 is 5.32 Å². The molecule has 0 bridgehead atoms. The molecule has 0 aromatic heterocycles. The van der Waals surface area contributed by atoms with Crippen LogP contribution < -0.4 is 5.32 Å². The lowest BCUT2D eigenvalue weighted by Crippen LogP contribution is -2.63. The summed E-state index contributed by atoms with van der Waals surface area (Å²) in [6, 6.07) is 8.88. The molecule has 118 valence electrons. The Morgan fingerprint density at radius 2 is 1.95 bits per heavy atom. The third kappa shape index (κ3) is 4.00. The summed E-state index contributed by atoms with van der Waals surface area (Å²) in [4.78, 5) is 2.65. The van der Waals surface area contributed by atoms with Gasteiger partial charge in [0.1, 0.15) is 0 Å². The van der Waals surface area contributed by atoms with Gasteiger partial charge in [-0.25, -0.2) is 0 Å². The van der Waals surface area contributed by atoms with E-state index < -0.39 is 0 Å². The largest absolute Gasteiger partial charge is 0.308 e. The number of benzene rings is 1. The number of halogens is 1. The first kappa shape index (κ1) is 16.8. The van der Waals surface area contributed by atoms with E-state index >= 15 is 0 Å². The van der Waals surface area contributed by atoms with Crippen molar-refractivity contribution in [2.24, 2.45) is 0 Å². The molecule has 0 aliphatic carbocycles. The van der Waals surface area contributed by atoms with E-state index in [9.17, 15) is 0 Å². The molecule has 1 aliphatic rings. The predicted molar refractivity (Wildman–Crippen MR) is 91.9 cm³/mol. The van der Waals surface area contributed by atoms with Crippen molar-refractivity contribution in [3.05, 3.63) is 34.9 Å². The molecule has 0 radical (unpaired) electrons. The van der Waals surface area contributed by atoms with Gasteiger partial charge in [-0.15, -0.1) is 0 Å². The molecule has 1 aromatic carbocycles. The van der Waals surface area contributed by atoms with Gasteiger partial charge in [0.25, 0.3) is 0 Å². The van der Waals surface area contributed by atoms with Crippen LogP contribution in [0.1, 0.15) is 52.0 Å². The minimum atomic E-state index is 0.269. The molecule has 2 nitrogen and oxygen atoms in total. The number of piperazine rings is 1. The quantitative estimate of drug-likeness (QED) is 0.834. The Balaban J connectivity index is 2.16. The van der Waals surface area contributed by atoms with E-state index in [1.165, 1.54) is 31.2 Å². The lowest BCUT2D eigenvalue weighted by atomic mass is 9.87. The third-order valence-electron chi connectivity index (χ3n) is 5.04. The van der Waals surface area contributed by atoms with Gasteiger partial charge in [0.2, 0.25) is 0 Å². The summed E-state index contributed by atoms with van der Waals surface area (Å²) >= 11 is 6.36. The molecule has 0 saturated carbocycles. The second-order valence-corrected chi connectivity index (χ2v) is 6.71. The SMILES string of the molecule is CCCC1CNC(CC)(CC)CN1Cc1ccccc1Cl. The molecule has 1 heterocycles. The molecular weight excluding hydrogens is 280 g/mol. The predicted octanol–water partition coefficient (Wildman–Crippen LogP) is 4.47. The molecule has 0 amide bonds. The fraction of sp³-hybridized carbons (Fsp3) is 0.667. The summed E-state index contributed by atoms with van der Waals surface area (Å²) in [5, 5.41) is 4.72. The second-order valence-electron chi connectivity index (χ2n) is 6.31. The van der Waals surface area contributed by atoms with Gasteiger partial charge in [-0.2, -0.15) is 0 Å². The van der Waals surface area contributed by atoms with Crippen LogP contribution in [-0.2, 0) is 6.54 Å². The summed E-state index contributed by atoms with van der Waals surface area (Å²) in [5.41, 5.74) is 1.52. The van der Waals surface area contributed by atoms with E-state index in [0.717, 1.165) is 24.7 Å². The second kappa shape index (κ2) is 7.62. The van der Waals surface area contributed by atoms with Gasteiger partial charge >= 0.3 is 0 Å². The van der Waals surface area contributed by atoms with Gasteiger partial charge in [0.15, 0.2) is 0 Å². The van der Waals surface area contributed by atoms with Crippen molar-refractivity contribution in [2.45, 2.75) is 64.6 Å². The Labute approximate surface area is 134 Å². The number of hydrogen-bond donors (Lipinski definition) is 1. The highest BCUT2D eigenvalue weighted by atomic mass is 35.5. The Hall–Kier alpha value is -0.570. The normalized spacial score (nSPS) is 22.4. The van der Waals surface area contributed by atoms with E-state index in [1.54, 1.807) is 0 Å². The van der Waals surface area contributed by atoms with Crippen LogP contribution in [0.5, 0.6) is 0 Å². The molecule has 1 atom stereocenters. The van der Waals surface area contributed by atoms with Crippen LogP contribution in [0.4, 0.5) is 0 Å². The highest BCUT2D eigenvalue weighted by Gasteiger charge is 2.36. The zero-order valence-electron chi connectivity index (χ0n) is 13.7. The van der Waals surface area contributed by atoms with Crippen molar-refractivity contribution in [1.29, 1.82) is 0 Å². The number of nitrogens with zero attached hydrogens (tertiary/aromatic N) is 1. The van der Waals surface area contributed by atoms with Crippen LogP contribution in [0, 0.1) is 0 Å². The fourth-order valence-corrected chi connectivity index (χ4v) is 3.60. The van der Waals surface area contributed by atoms with Crippen molar-refractivity contribution in [2.75, 3.05) is 13.1 Å². The van der Waals surface area contributed by atoms with Gasteiger partial charge in [-0.05, 0) is 30.9 Å².